The van der Waals surface area contributed by atoms with E-state index in [9.17, 15) is 4.91 Å². The second-order valence-corrected chi connectivity index (χ2v) is 7.25. The van der Waals surface area contributed by atoms with Gasteiger partial charge in [0.25, 0.3) is 6.04 Å². The highest BCUT2D eigenvalue weighted by Gasteiger charge is 2.51. The molecule has 5 heteroatoms. The van der Waals surface area contributed by atoms with Gasteiger partial charge in [-0.05, 0) is 24.1 Å². The van der Waals surface area contributed by atoms with Gasteiger partial charge in [-0.1, -0.05) is 48.5 Å². The minimum Gasteiger partial charge on any atom is -0.487 e. The molecule has 1 saturated heterocycles. The molecule has 114 valence electrons. The molecule has 0 spiro atoms. The molecule has 0 radical (unpaired) electrons. The van der Waals surface area contributed by atoms with Crippen molar-refractivity contribution in [3.8, 4) is 0 Å². The van der Waals surface area contributed by atoms with Crippen molar-refractivity contribution in [3.63, 3.8) is 0 Å². The number of benzene rings is 1. The Kier molecular flexibility index (Phi) is 4.60. The van der Waals surface area contributed by atoms with Gasteiger partial charge in [0.15, 0.2) is 5.76 Å². The summed E-state index contributed by atoms with van der Waals surface area (Å²) in [5.74, 6) is 0.799. The summed E-state index contributed by atoms with van der Waals surface area (Å²) >= 11 is 7.52. The fourth-order valence-corrected chi connectivity index (χ4v) is 3.88. The molecule has 0 N–H and O–H groups in total. The van der Waals surface area contributed by atoms with E-state index in [0.717, 1.165) is 21.1 Å². The zero-order valence-electron chi connectivity index (χ0n) is 12.1. The van der Waals surface area contributed by atoms with E-state index in [1.54, 1.807) is 11.3 Å². The van der Waals surface area contributed by atoms with E-state index < -0.39 is 0 Å². The summed E-state index contributed by atoms with van der Waals surface area (Å²) < 4.78 is 7.55. The van der Waals surface area contributed by atoms with Crippen LogP contribution in [0.4, 0.5) is 0 Å². The number of nitrogens with zero attached hydrogens (tertiary/aromatic N) is 1. The van der Waals surface area contributed by atoms with E-state index in [0.29, 0.717) is 18.9 Å². The highest BCUT2D eigenvalue weighted by Crippen LogP contribution is 2.32. The van der Waals surface area contributed by atoms with Crippen LogP contribution in [0.3, 0.4) is 0 Å². The van der Waals surface area contributed by atoms with Crippen molar-refractivity contribution < 1.29 is 9.50 Å². The van der Waals surface area contributed by atoms with Crippen molar-refractivity contribution >= 4 is 22.9 Å². The predicted molar refractivity (Wildman–Crippen MR) is 89.2 cm³/mol. The number of halogens is 1. The third-order valence-electron chi connectivity index (χ3n) is 3.86. The molecule has 2 heterocycles. The monoisotopic (exact) mass is 334 g/mol. The van der Waals surface area contributed by atoms with Crippen molar-refractivity contribution in [1.82, 2.24) is 0 Å². The van der Waals surface area contributed by atoms with Gasteiger partial charge in [-0.25, -0.2) is 0 Å². The first-order chi connectivity index (χ1) is 10.6. The molecule has 1 aromatic heterocycles. The maximum absolute atomic E-state index is 11.8. The molecule has 0 amide bonds. The summed E-state index contributed by atoms with van der Waals surface area (Å²) in [5, 5.41) is 0. The molecule has 3 nitrogen and oxygen atoms in total. The third-order valence-corrected chi connectivity index (χ3v) is 5.11. The Morgan fingerprint density at radius 3 is 2.73 bits per heavy atom. The van der Waals surface area contributed by atoms with Crippen LogP contribution in [-0.2, 0) is 17.8 Å². The average molecular weight is 335 g/mol. The standard InChI is InChI=1S/C17H17ClNO2S/c1-12(21-11-13-5-3-2-4-6-13)17-14(10-19(17)20)9-15-7-8-16(18)22-15/h2-8,14,17H,1,9-11H2/q+1. The Morgan fingerprint density at radius 2 is 2.09 bits per heavy atom. The van der Waals surface area contributed by atoms with Crippen LogP contribution in [0.1, 0.15) is 10.4 Å². The molecule has 1 aromatic carbocycles. The summed E-state index contributed by atoms with van der Waals surface area (Å²) in [4.78, 5) is 13.0. The lowest BCUT2D eigenvalue weighted by Gasteiger charge is -2.27. The molecule has 22 heavy (non-hydrogen) atoms. The molecule has 3 rings (SSSR count). The first-order valence-corrected chi connectivity index (χ1v) is 8.36. The average Bonchev–Trinajstić information content (AvgIpc) is 2.91. The summed E-state index contributed by atoms with van der Waals surface area (Å²) in [6.45, 7) is 4.92. The molecule has 2 atom stereocenters. The molecule has 0 aliphatic carbocycles. The number of thiophene rings is 1. The lowest BCUT2D eigenvalue weighted by molar-refractivity contribution is -0.658. The van der Waals surface area contributed by atoms with Gasteiger partial charge in [0.1, 0.15) is 12.5 Å². The number of ether oxygens (including phenoxy) is 1. The Labute approximate surface area is 138 Å². The molecule has 1 aliphatic rings. The van der Waals surface area contributed by atoms with Crippen LogP contribution in [0, 0.1) is 10.8 Å². The Morgan fingerprint density at radius 1 is 1.32 bits per heavy atom. The number of hydrogen-bond acceptors (Lipinski definition) is 3. The summed E-state index contributed by atoms with van der Waals surface area (Å²) in [6.07, 6.45) is 0.842. The minimum absolute atomic E-state index is 0.246. The highest BCUT2D eigenvalue weighted by atomic mass is 35.5. The molecule has 1 aliphatic heterocycles. The Bertz CT molecular complexity index is 683. The second kappa shape index (κ2) is 6.63. The Balaban J connectivity index is 1.57. The van der Waals surface area contributed by atoms with E-state index >= 15 is 0 Å². The van der Waals surface area contributed by atoms with Crippen LogP contribution in [0.5, 0.6) is 0 Å². The third kappa shape index (κ3) is 3.39. The van der Waals surface area contributed by atoms with Crippen molar-refractivity contribution in [3.05, 3.63) is 74.5 Å². The lowest BCUT2D eigenvalue weighted by Crippen LogP contribution is -2.50. The van der Waals surface area contributed by atoms with E-state index in [-0.39, 0.29) is 12.0 Å². The molecule has 0 saturated carbocycles. The van der Waals surface area contributed by atoms with Crippen molar-refractivity contribution in [2.75, 3.05) is 6.54 Å². The van der Waals surface area contributed by atoms with Crippen LogP contribution in [0.2, 0.25) is 4.34 Å². The van der Waals surface area contributed by atoms with Crippen LogP contribution in [0.15, 0.2) is 54.8 Å². The first kappa shape index (κ1) is 15.3. The van der Waals surface area contributed by atoms with Crippen LogP contribution >= 0.6 is 22.9 Å². The lowest BCUT2D eigenvalue weighted by atomic mass is 9.86. The number of hydrogen-bond donors (Lipinski definition) is 0. The minimum atomic E-state index is -0.260. The van der Waals surface area contributed by atoms with E-state index in [2.05, 4.69) is 6.58 Å². The van der Waals surface area contributed by atoms with E-state index in [1.807, 2.05) is 42.5 Å². The van der Waals surface area contributed by atoms with Crippen molar-refractivity contribution in [1.29, 1.82) is 0 Å². The summed E-state index contributed by atoms with van der Waals surface area (Å²) in [6, 6.07) is 13.5. The summed E-state index contributed by atoms with van der Waals surface area (Å²) in [5.41, 5.74) is 1.07. The fourth-order valence-electron chi connectivity index (χ4n) is 2.70. The maximum Gasteiger partial charge on any atom is 0.266 e. The molecular weight excluding hydrogens is 318 g/mol. The summed E-state index contributed by atoms with van der Waals surface area (Å²) in [7, 11) is 0. The molecule has 2 aromatic rings. The zero-order valence-corrected chi connectivity index (χ0v) is 13.6. The van der Waals surface area contributed by atoms with Gasteiger partial charge in [-0.3, -0.25) is 0 Å². The molecule has 1 fully saturated rings. The van der Waals surface area contributed by atoms with Gasteiger partial charge < -0.3 is 4.74 Å². The maximum atomic E-state index is 11.8. The van der Waals surface area contributed by atoms with Crippen molar-refractivity contribution in [2.24, 2.45) is 5.92 Å². The quantitative estimate of drug-likeness (QED) is 0.577. The van der Waals surface area contributed by atoms with Crippen molar-refractivity contribution in [2.45, 2.75) is 19.1 Å². The van der Waals surface area contributed by atoms with Crippen LogP contribution in [-0.4, -0.2) is 17.3 Å². The van der Waals surface area contributed by atoms with Gasteiger partial charge in [0.2, 0.25) is 6.54 Å². The van der Waals surface area contributed by atoms with Gasteiger partial charge >= 0.3 is 0 Å². The van der Waals surface area contributed by atoms with E-state index in [1.165, 1.54) is 4.88 Å². The number of rotatable bonds is 6. The topological polar surface area (TPSA) is 29.3 Å². The van der Waals surface area contributed by atoms with Gasteiger partial charge in [0.05, 0.1) is 4.34 Å². The first-order valence-electron chi connectivity index (χ1n) is 7.17. The highest BCUT2D eigenvalue weighted by molar-refractivity contribution is 7.16. The van der Waals surface area contributed by atoms with E-state index in [4.69, 9.17) is 16.3 Å². The zero-order chi connectivity index (χ0) is 15.5. The smallest absolute Gasteiger partial charge is 0.266 e. The van der Waals surface area contributed by atoms with Gasteiger partial charge in [0, 0.05) is 14.5 Å². The van der Waals surface area contributed by atoms with Gasteiger partial charge in [-0.2, -0.15) is 0 Å². The Hall–Kier alpha value is -1.65. The predicted octanol–water partition coefficient (Wildman–Crippen LogP) is 4.45. The van der Waals surface area contributed by atoms with Gasteiger partial charge in [-0.15, -0.1) is 11.3 Å². The largest absolute Gasteiger partial charge is 0.487 e. The van der Waals surface area contributed by atoms with Crippen LogP contribution in [0.25, 0.3) is 0 Å². The molecule has 2 unspecified atom stereocenters. The molecular formula is C17H17ClNO2S+. The fraction of sp³-hybridized carbons (Fsp3) is 0.294. The molecule has 0 bridgehead atoms. The SMILES string of the molecule is C=C(OCc1ccccc1)C1C(Cc2ccc(Cl)s2)C[N+]1=O. The number of nitroso groups, excluding NO2 is 1. The van der Waals surface area contributed by atoms with Crippen LogP contribution < -0.4 is 0 Å². The normalized spacial score (nSPS) is 20.5. The second-order valence-electron chi connectivity index (χ2n) is 5.46.